The highest BCUT2D eigenvalue weighted by Gasteiger charge is 2.25. The predicted octanol–water partition coefficient (Wildman–Crippen LogP) is 2.00. The van der Waals surface area contributed by atoms with E-state index in [1.54, 1.807) is 12.1 Å². The zero-order valence-corrected chi connectivity index (χ0v) is 8.13. The maximum atomic E-state index is 11.6. The summed E-state index contributed by atoms with van der Waals surface area (Å²) < 4.78 is 5.12. The number of hydrogen-bond donors (Lipinski definition) is 1. The van der Waals surface area contributed by atoms with Gasteiger partial charge in [-0.05, 0) is 12.1 Å². The monoisotopic (exact) mass is 182 g/mol. The van der Waals surface area contributed by atoms with Crippen LogP contribution in [0.3, 0.4) is 0 Å². The molecule has 3 heteroatoms. The van der Waals surface area contributed by atoms with E-state index in [4.69, 9.17) is 9.52 Å². The number of ketones is 1. The number of hydrogen-bond acceptors (Lipinski definition) is 3. The molecule has 0 aliphatic heterocycles. The fourth-order valence-electron chi connectivity index (χ4n) is 0.955. The quantitative estimate of drug-likeness (QED) is 0.712. The Kier molecular flexibility index (Phi) is 2.57. The van der Waals surface area contributed by atoms with Gasteiger partial charge in [0.1, 0.15) is 12.4 Å². The third-order valence-electron chi connectivity index (χ3n) is 1.72. The molecule has 1 aromatic heterocycles. The maximum absolute atomic E-state index is 11.6. The Labute approximate surface area is 77.4 Å². The molecule has 0 radical (unpaired) electrons. The van der Waals surface area contributed by atoms with E-state index in [9.17, 15) is 4.79 Å². The van der Waals surface area contributed by atoms with Gasteiger partial charge in [-0.25, -0.2) is 0 Å². The molecule has 1 aromatic rings. The lowest BCUT2D eigenvalue weighted by Crippen LogP contribution is -2.19. The summed E-state index contributed by atoms with van der Waals surface area (Å²) in [6.07, 6.45) is 0. The summed E-state index contributed by atoms with van der Waals surface area (Å²) in [6.45, 7) is 5.32. The van der Waals surface area contributed by atoms with Crippen LogP contribution in [0.2, 0.25) is 0 Å². The summed E-state index contributed by atoms with van der Waals surface area (Å²) in [6, 6.07) is 3.21. The Bertz CT molecular complexity index is 304. The van der Waals surface area contributed by atoms with E-state index in [0.29, 0.717) is 11.5 Å². The van der Waals surface area contributed by atoms with Crippen LogP contribution in [0.4, 0.5) is 0 Å². The van der Waals surface area contributed by atoms with Gasteiger partial charge in [-0.1, -0.05) is 20.8 Å². The van der Waals surface area contributed by atoms with E-state index in [1.165, 1.54) is 0 Å². The summed E-state index contributed by atoms with van der Waals surface area (Å²) in [5.74, 6) is 0.691. The first kappa shape index (κ1) is 9.99. The van der Waals surface area contributed by atoms with Crippen LogP contribution in [0.25, 0.3) is 0 Å². The molecule has 1 rings (SSSR count). The van der Waals surface area contributed by atoms with Gasteiger partial charge in [0.25, 0.3) is 0 Å². The zero-order chi connectivity index (χ0) is 10.1. The average Bonchev–Trinajstić information content (AvgIpc) is 2.48. The van der Waals surface area contributed by atoms with Crippen molar-refractivity contribution in [3.8, 4) is 0 Å². The van der Waals surface area contributed by atoms with Crippen molar-refractivity contribution in [2.45, 2.75) is 27.4 Å². The lowest BCUT2D eigenvalue weighted by Gasteiger charge is -2.13. The molecule has 0 aliphatic rings. The van der Waals surface area contributed by atoms with Gasteiger partial charge in [0.05, 0.1) is 0 Å². The molecule has 0 amide bonds. The Hall–Kier alpha value is -1.09. The van der Waals surface area contributed by atoms with Gasteiger partial charge in [0.2, 0.25) is 5.78 Å². The Morgan fingerprint density at radius 1 is 1.46 bits per heavy atom. The highest BCUT2D eigenvalue weighted by atomic mass is 16.4. The van der Waals surface area contributed by atoms with Crippen LogP contribution >= 0.6 is 0 Å². The topological polar surface area (TPSA) is 50.4 Å². The Balaban J connectivity index is 2.90. The highest BCUT2D eigenvalue weighted by Crippen LogP contribution is 2.22. The van der Waals surface area contributed by atoms with Crippen LogP contribution in [0.1, 0.15) is 37.1 Å². The van der Waals surface area contributed by atoms with Crippen molar-refractivity contribution in [1.29, 1.82) is 0 Å². The number of carbonyl (C=O) groups is 1. The smallest absolute Gasteiger partial charge is 0.203 e. The molecule has 13 heavy (non-hydrogen) atoms. The standard InChI is InChI=1S/C10H14O3/c1-10(2,3)9(12)8-5-4-7(6-11)13-8/h4-5,11H,6H2,1-3H3. The second-order valence-corrected chi connectivity index (χ2v) is 4.00. The van der Waals surface area contributed by atoms with Crippen molar-refractivity contribution < 1.29 is 14.3 Å². The molecule has 1 N–H and O–H groups in total. The number of aliphatic hydroxyl groups is 1. The summed E-state index contributed by atoms with van der Waals surface area (Å²) in [5, 5.41) is 8.73. The number of Topliss-reactive ketones (excluding diaryl/α,β-unsaturated/α-hetero) is 1. The summed E-state index contributed by atoms with van der Waals surface area (Å²) >= 11 is 0. The van der Waals surface area contributed by atoms with Crippen molar-refractivity contribution in [2.75, 3.05) is 0 Å². The fraction of sp³-hybridized carbons (Fsp3) is 0.500. The lowest BCUT2D eigenvalue weighted by molar-refractivity contribution is 0.0823. The summed E-state index contributed by atoms with van der Waals surface area (Å²) in [7, 11) is 0. The first-order chi connectivity index (χ1) is 5.95. The molecule has 1 heterocycles. The van der Waals surface area contributed by atoms with Crippen molar-refractivity contribution in [3.63, 3.8) is 0 Å². The van der Waals surface area contributed by atoms with Gasteiger partial charge >= 0.3 is 0 Å². The van der Waals surface area contributed by atoms with Crippen molar-refractivity contribution in [2.24, 2.45) is 5.41 Å². The largest absolute Gasteiger partial charge is 0.456 e. The average molecular weight is 182 g/mol. The first-order valence-electron chi connectivity index (χ1n) is 4.19. The molecule has 0 fully saturated rings. The molecule has 0 saturated carbocycles. The van der Waals surface area contributed by atoms with E-state index >= 15 is 0 Å². The van der Waals surface area contributed by atoms with E-state index in [1.807, 2.05) is 20.8 Å². The summed E-state index contributed by atoms with van der Waals surface area (Å²) in [5.41, 5.74) is -0.440. The number of rotatable bonds is 2. The van der Waals surface area contributed by atoms with Crippen LogP contribution in [0, 0.1) is 5.41 Å². The van der Waals surface area contributed by atoms with Gasteiger partial charge < -0.3 is 9.52 Å². The van der Waals surface area contributed by atoms with Crippen molar-refractivity contribution in [1.82, 2.24) is 0 Å². The maximum Gasteiger partial charge on any atom is 0.203 e. The zero-order valence-electron chi connectivity index (χ0n) is 8.13. The molecule has 0 spiro atoms. The molecular weight excluding hydrogens is 168 g/mol. The molecular formula is C10H14O3. The van der Waals surface area contributed by atoms with Crippen molar-refractivity contribution >= 4 is 5.78 Å². The molecule has 0 saturated heterocycles. The number of aliphatic hydroxyl groups excluding tert-OH is 1. The highest BCUT2D eigenvalue weighted by molar-refractivity contribution is 5.97. The molecule has 72 valence electrons. The molecule has 0 atom stereocenters. The van der Waals surface area contributed by atoms with Crippen LogP contribution in [0.15, 0.2) is 16.5 Å². The van der Waals surface area contributed by atoms with Gasteiger partial charge in [-0.2, -0.15) is 0 Å². The lowest BCUT2D eigenvalue weighted by atomic mass is 9.89. The van der Waals surface area contributed by atoms with E-state index in [2.05, 4.69) is 0 Å². The van der Waals surface area contributed by atoms with Gasteiger partial charge in [0.15, 0.2) is 5.76 Å². The van der Waals surface area contributed by atoms with Crippen LogP contribution in [-0.2, 0) is 6.61 Å². The molecule has 0 aliphatic carbocycles. The van der Waals surface area contributed by atoms with Crippen LogP contribution in [-0.4, -0.2) is 10.9 Å². The second-order valence-electron chi connectivity index (χ2n) is 4.00. The Morgan fingerprint density at radius 2 is 2.08 bits per heavy atom. The van der Waals surface area contributed by atoms with Gasteiger partial charge in [-0.3, -0.25) is 4.79 Å². The normalized spacial score (nSPS) is 11.7. The fourth-order valence-corrected chi connectivity index (χ4v) is 0.955. The minimum absolute atomic E-state index is 0.0489. The van der Waals surface area contributed by atoms with Gasteiger partial charge in [0, 0.05) is 5.41 Å². The first-order valence-corrected chi connectivity index (χ1v) is 4.19. The summed E-state index contributed by atoms with van der Waals surface area (Å²) in [4.78, 5) is 11.6. The van der Waals surface area contributed by atoms with Crippen LogP contribution < -0.4 is 0 Å². The molecule has 0 aromatic carbocycles. The van der Waals surface area contributed by atoms with Crippen molar-refractivity contribution in [3.05, 3.63) is 23.7 Å². The molecule has 3 nitrogen and oxygen atoms in total. The third-order valence-corrected chi connectivity index (χ3v) is 1.72. The van der Waals surface area contributed by atoms with Gasteiger partial charge in [-0.15, -0.1) is 0 Å². The van der Waals surface area contributed by atoms with Crippen LogP contribution in [0.5, 0.6) is 0 Å². The number of carbonyl (C=O) groups excluding carboxylic acids is 1. The predicted molar refractivity (Wildman–Crippen MR) is 48.4 cm³/mol. The molecule has 0 bridgehead atoms. The SMILES string of the molecule is CC(C)(C)C(=O)c1ccc(CO)o1. The van der Waals surface area contributed by atoms with E-state index in [-0.39, 0.29) is 12.4 Å². The minimum atomic E-state index is -0.440. The minimum Gasteiger partial charge on any atom is -0.456 e. The Morgan fingerprint density at radius 3 is 2.46 bits per heavy atom. The third kappa shape index (κ3) is 2.18. The molecule has 0 unspecified atom stereocenters. The van der Waals surface area contributed by atoms with E-state index < -0.39 is 5.41 Å². The van der Waals surface area contributed by atoms with E-state index in [0.717, 1.165) is 0 Å². The second kappa shape index (κ2) is 3.34. The number of furan rings is 1.